The Morgan fingerprint density at radius 3 is 1.97 bits per heavy atom. The Kier molecular flexibility index (Phi) is 6.11. The van der Waals surface area contributed by atoms with E-state index in [9.17, 15) is 20.4 Å². The van der Waals surface area contributed by atoms with E-state index in [1.54, 1.807) is 12.1 Å². The summed E-state index contributed by atoms with van der Waals surface area (Å²) in [5, 5.41) is 40.0. The summed E-state index contributed by atoms with van der Waals surface area (Å²) in [6, 6.07) is 21.2. The summed E-state index contributed by atoms with van der Waals surface area (Å²) in [4.78, 5) is 2.14. The summed E-state index contributed by atoms with van der Waals surface area (Å²) in [5.41, 5.74) is 2.09. The molecule has 0 radical (unpaired) electrons. The van der Waals surface area contributed by atoms with Gasteiger partial charge in [0.15, 0.2) is 0 Å². The van der Waals surface area contributed by atoms with Crippen LogP contribution in [0.2, 0.25) is 0 Å². The molecule has 4 N–H and O–H groups in total. The van der Waals surface area contributed by atoms with Crippen molar-refractivity contribution in [2.75, 3.05) is 6.54 Å². The predicted molar refractivity (Wildman–Crippen MR) is 113 cm³/mol. The van der Waals surface area contributed by atoms with Gasteiger partial charge in [0.2, 0.25) is 0 Å². The summed E-state index contributed by atoms with van der Waals surface area (Å²) in [6.07, 6.45) is -0.909. The van der Waals surface area contributed by atoms with Crippen molar-refractivity contribution >= 4 is 0 Å². The highest BCUT2D eigenvalue weighted by atomic mass is 16.3. The first-order chi connectivity index (χ1) is 13.8. The molecule has 0 fully saturated rings. The average molecular weight is 393 g/mol. The van der Waals surface area contributed by atoms with Crippen LogP contribution in [-0.4, -0.2) is 31.9 Å². The zero-order chi connectivity index (χ0) is 21.0. The first kappa shape index (κ1) is 20.7. The molecular weight excluding hydrogens is 366 g/mol. The van der Waals surface area contributed by atoms with Gasteiger partial charge in [0.1, 0.15) is 17.2 Å². The fraction of sp³-hybridized carbons (Fsp3) is 0.250. The van der Waals surface area contributed by atoms with Crippen LogP contribution >= 0.6 is 0 Å². The molecule has 0 saturated carbocycles. The molecule has 0 aliphatic heterocycles. The third-order valence-corrected chi connectivity index (χ3v) is 5.28. The van der Waals surface area contributed by atoms with Gasteiger partial charge < -0.3 is 20.4 Å². The van der Waals surface area contributed by atoms with E-state index >= 15 is 0 Å². The molecule has 0 aliphatic carbocycles. The van der Waals surface area contributed by atoms with Crippen molar-refractivity contribution in [1.82, 2.24) is 4.90 Å². The molecule has 29 heavy (non-hydrogen) atoms. The van der Waals surface area contributed by atoms with Gasteiger partial charge in [-0.3, -0.25) is 4.90 Å². The van der Waals surface area contributed by atoms with E-state index in [1.165, 1.54) is 18.2 Å². The second-order valence-corrected chi connectivity index (χ2v) is 7.77. The number of benzene rings is 3. The van der Waals surface area contributed by atoms with Gasteiger partial charge in [-0.1, -0.05) is 42.5 Å². The smallest absolute Gasteiger partial charge is 0.119 e. The Morgan fingerprint density at radius 1 is 0.793 bits per heavy atom. The molecule has 3 aromatic rings. The number of phenols is 3. The standard InChI is InChI=1S/C24H27NO4/c1-24(2,19-8-10-20(26)11-9-19)25(15-17-6-4-3-5-7-17)16-23(29)18-12-21(27)14-22(28)13-18/h3-14,23,26-29H,15-16H2,1-2H3/t23-/m0/s1. The van der Waals surface area contributed by atoms with E-state index in [1.807, 2.05) is 42.5 Å². The fourth-order valence-electron chi connectivity index (χ4n) is 3.47. The topological polar surface area (TPSA) is 84.2 Å². The molecule has 5 nitrogen and oxygen atoms in total. The molecule has 3 aromatic carbocycles. The van der Waals surface area contributed by atoms with Crippen LogP contribution in [0.25, 0.3) is 0 Å². The number of phenolic OH excluding ortho intramolecular Hbond substituents is 3. The molecule has 152 valence electrons. The number of nitrogens with zero attached hydrogens (tertiary/aromatic N) is 1. The Bertz CT molecular complexity index is 919. The van der Waals surface area contributed by atoms with Crippen LogP contribution in [0.1, 0.15) is 36.6 Å². The number of hydrogen-bond acceptors (Lipinski definition) is 5. The summed E-state index contributed by atoms with van der Waals surface area (Å²) in [5.74, 6) is 0.0207. The second kappa shape index (κ2) is 8.55. The highest BCUT2D eigenvalue weighted by Crippen LogP contribution is 2.33. The summed E-state index contributed by atoms with van der Waals surface area (Å²) >= 11 is 0. The molecule has 0 amide bonds. The van der Waals surface area contributed by atoms with Crippen molar-refractivity contribution in [2.45, 2.75) is 32.0 Å². The first-order valence-corrected chi connectivity index (χ1v) is 9.55. The Morgan fingerprint density at radius 2 is 1.38 bits per heavy atom. The number of rotatable bonds is 7. The maximum Gasteiger partial charge on any atom is 0.119 e. The van der Waals surface area contributed by atoms with Crippen molar-refractivity contribution in [3.63, 3.8) is 0 Å². The van der Waals surface area contributed by atoms with Crippen LogP contribution in [0.15, 0.2) is 72.8 Å². The van der Waals surface area contributed by atoms with Gasteiger partial charge in [-0.15, -0.1) is 0 Å². The van der Waals surface area contributed by atoms with E-state index < -0.39 is 11.6 Å². The molecular formula is C24H27NO4. The zero-order valence-corrected chi connectivity index (χ0v) is 16.7. The fourth-order valence-corrected chi connectivity index (χ4v) is 3.47. The molecule has 1 atom stereocenters. The van der Waals surface area contributed by atoms with Gasteiger partial charge in [0.05, 0.1) is 6.10 Å². The monoisotopic (exact) mass is 393 g/mol. The van der Waals surface area contributed by atoms with Crippen molar-refractivity contribution < 1.29 is 20.4 Å². The minimum absolute atomic E-state index is 0.0912. The number of aliphatic hydroxyl groups excluding tert-OH is 1. The van der Waals surface area contributed by atoms with Crippen LogP contribution < -0.4 is 0 Å². The lowest BCUT2D eigenvalue weighted by molar-refractivity contribution is 0.0415. The zero-order valence-electron chi connectivity index (χ0n) is 16.7. The Hall–Kier alpha value is -3.02. The molecule has 0 spiro atoms. The van der Waals surface area contributed by atoms with Crippen LogP contribution in [0, 0.1) is 0 Å². The van der Waals surface area contributed by atoms with Gasteiger partial charge in [-0.25, -0.2) is 0 Å². The lowest BCUT2D eigenvalue weighted by Gasteiger charge is -2.40. The third-order valence-electron chi connectivity index (χ3n) is 5.28. The molecule has 0 bridgehead atoms. The Labute approximate surface area is 171 Å². The van der Waals surface area contributed by atoms with E-state index in [4.69, 9.17) is 0 Å². The molecule has 3 rings (SSSR count). The maximum absolute atomic E-state index is 10.9. The lowest BCUT2D eigenvalue weighted by Crippen LogP contribution is -2.43. The van der Waals surface area contributed by atoms with Crippen LogP contribution in [-0.2, 0) is 12.1 Å². The quantitative estimate of drug-likeness (QED) is 0.482. The molecule has 0 saturated heterocycles. The van der Waals surface area contributed by atoms with Crippen LogP contribution in [0.5, 0.6) is 17.2 Å². The summed E-state index contributed by atoms with van der Waals surface area (Å²) < 4.78 is 0. The lowest BCUT2D eigenvalue weighted by atomic mass is 9.90. The van der Waals surface area contributed by atoms with Crippen molar-refractivity contribution in [3.05, 3.63) is 89.5 Å². The molecule has 0 unspecified atom stereocenters. The summed E-state index contributed by atoms with van der Waals surface area (Å²) in [7, 11) is 0. The van der Waals surface area contributed by atoms with E-state index in [0.717, 1.165) is 11.1 Å². The SMILES string of the molecule is CC(C)(c1ccc(O)cc1)N(Cc1ccccc1)C[C@H](O)c1cc(O)cc(O)c1. The van der Waals surface area contributed by atoms with Crippen molar-refractivity contribution in [2.24, 2.45) is 0 Å². The molecule has 0 heterocycles. The van der Waals surface area contributed by atoms with E-state index in [-0.39, 0.29) is 23.8 Å². The van der Waals surface area contributed by atoms with E-state index in [2.05, 4.69) is 18.7 Å². The molecule has 0 aromatic heterocycles. The predicted octanol–water partition coefficient (Wildman–Crippen LogP) is 4.27. The van der Waals surface area contributed by atoms with Gasteiger partial charge >= 0.3 is 0 Å². The van der Waals surface area contributed by atoms with Crippen molar-refractivity contribution in [1.29, 1.82) is 0 Å². The Balaban J connectivity index is 1.92. The van der Waals surface area contributed by atoms with Crippen LogP contribution in [0.3, 0.4) is 0 Å². The number of hydrogen-bond donors (Lipinski definition) is 4. The second-order valence-electron chi connectivity index (χ2n) is 7.77. The summed E-state index contributed by atoms with van der Waals surface area (Å²) in [6.45, 7) is 5.01. The van der Waals surface area contributed by atoms with Gasteiger partial charge in [0, 0.05) is 24.7 Å². The van der Waals surface area contributed by atoms with E-state index in [0.29, 0.717) is 12.1 Å². The normalized spacial score (nSPS) is 12.8. The highest BCUT2D eigenvalue weighted by molar-refractivity contribution is 5.38. The molecule has 5 heteroatoms. The minimum Gasteiger partial charge on any atom is -0.508 e. The van der Waals surface area contributed by atoms with Gasteiger partial charge in [-0.2, -0.15) is 0 Å². The highest BCUT2D eigenvalue weighted by Gasteiger charge is 2.31. The minimum atomic E-state index is -0.909. The largest absolute Gasteiger partial charge is 0.508 e. The van der Waals surface area contributed by atoms with Crippen LogP contribution in [0.4, 0.5) is 0 Å². The van der Waals surface area contributed by atoms with Crippen molar-refractivity contribution in [3.8, 4) is 17.2 Å². The first-order valence-electron chi connectivity index (χ1n) is 9.55. The average Bonchev–Trinajstić information content (AvgIpc) is 2.68. The third kappa shape index (κ3) is 5.08. The van der Waals surface area contributed by atoms with Gasteiger partial charge in [0.25, 0.3) is 0 Å². The van der Waals surface area contributed by atoms with Gasteiger partial charge in [-0.05, 0) is 54.8 Å². The molecule has 0 aliphatic rings. The number of aromatic hydroxyl groups is 3. The maximum atomic E-state index is 10.9. The number of aliphatic hydroxyl groups is 1.